The molecule has 1 aromatic rings. The maximum absolute atomic E-state index is 11.3. The lowest BCUT2D eigenvalue weighted by molar-refractivity contribution is 0.0593. The van der Waals surface area contributed by atoms with Crippen molar-refractivity contribution in [2.24, 2.45) is 5.92 Å². The highest BCUT2D eigenvalue weighted by Gasteiger charge is 2.21. The van der Waals surface area contributed by atoms with E-state index in [1.54, 1.807) is 6.20 Å². The molecule has 1 N–H and O–H groups in total. The van der Waals surface area contributed by atoms with Gasteiger partial charge in [-0.1, -0.05) is 26.2 Å². The maximum Gasteiger partial charge on any atom is 0.358 e. The molecule has 5 nitrogen and oxygen atoms in total. The minimum absolute atomic E-state index is 0.239. The Balaban J connectivity index is 1.94. The number of ether oxygens (including phenoxy) is 1. The van der Waals surface area contributed by atoms with E-state index in [1.165, 1.54) is 45.4 Å². The van der Waals surface area contributed by atoms with E-state index in [4.69, 9.17) is 0 Å². The van der Waals surface area contributed by atoms with Gasteiger partial charge >= 0.3 is 5.97 Å². The van der Waals surface area contributed by atoms with Crippen LogP contribution < -0.4 is 5.32 Å². The third-order valence-corrected chi connectivity index (χ3v) is 3.76. The van der Waals surface area contributed by atoms with Crippen molar-refractivity contribution >= 4 is 11.8 Å². The van der Waals surface area contributed by atoms with Crippen molar-refractivity contribution in [2.45, 2.75) is 45.1 Å². The molecule has 2 rings (SSSR count). The van der Waals surface area contributed by atoms with Gasteiger partial charge in [-0.05, 0) is 18.8 Å². The van der Waals surface area contributed by atoms with Crippen LogP contribution in [0.2, 0.25) is 0 Å². The standard InChI is InChI=1S/C14H21N3O2/c1-3-10-5-4-6-11(7-10)17-13-9-15-12(8-16-13)14(18)19-2/h8-11H,3-7H2,1-2H3,(H,16,17). The summed E-state index contributed by atoms with van der Waals surface area (Å²) in [5, 5.41) is 3.40. The van der Waals surface area contributed by atoms with Crippen LogP contribution in [0.4, 0.5) is 5.82 Å². The summed E-state index contributed by atoms with van der Waals surface area (Å²) in [5.41, 5.74) is 0.239. The minimum Gasteiger partial charge on any atom is -0.464 e. The molecule has 1 heterocycles. The van der Waals surface area contributed by atoms with E-state index in [0.717, 1.165) is 11.7 Å². The van der Waals surface area contributed by atoms with Gasteiger partial charge in [0.1, 0.15) is 5.82 Å². The van der Waals surface area contributed by atoms with Crippen molar-refractivity contribution in [2.75, 3.05) is 12.4 Å². The highest BCUT2D eigenvalue weighted by atomic mass is 16.5. The van der Waals surface area contributed by atoms with Crippen LogP contribution in [0.25, 0.3) is 0 Å². The first-order valence-corrected chi connectivity index (χ1v) is 6.89. The average molecular weight is 263 g/mol. The first kappa shape index (κ1) is 13.8. The van der Waals surface area contributed by atoms with E-state index in [2.05, 4.69) is 26.9 Å². The van der Waals surface area contributed by atoms with Crippen molar-refractivity contribution in [3.05, 3.63) is 18.1 Å². The van der Waals surface area contributed by atoms with Crippen molar-refractivity contribution in [1.29, 1.82) is 0 Å². The summed E-state index contributed by atoms with van der Waals surface area (Å²) in [4.78, 5) is 19.5. The second kappa shape index (κ2) is 6.50. The number of carbonyl (C=O) groups excluding carboxylic acids is 1. The number of hydrogen-bond donors (Lipinski definition) is 1. The smallest absolute Gasteiger partial charge is 0.358 e. The van der Waals surface area contributed by atoms with Crippen molar-refractivity contribution in [3.63, 3.8) is 0 Å². The molecule has 104 valence electrons. The van der Waals surface area contributed by atoms with E-state index in [-0.39, 0.29) is 5.69 Å². The fourth-order valence-corrected chi connectivity index (χ4v) is 2.61. The van der Waals surface area contributed by atoms with Crippen LogP contribution in [-0.4, -0.2) is 29.1 Å². The second-order valence-electron chi connectivity index (χ2n) is 5.06. The van der Waals surface area contributed by atoms with E-state index in [1.807, 2.05) is 0 Å². The molecule has 0 saturated heterocycles. The normalized spacial score (nSPS) is 22.8. The van der Waals surface area contributed by atoms with Gasteiger partial charge in [0.15, 0.2) is 5.69 Å². The molecule has 2 unspecified atom stereocenters. The van der Waals surface area contributed by atoms with Crippen LogP contribution in [0, 0.1) is 5.92 Å². The summed E-state index contributed by atoms with van der Waals surface area (Å²) < 4.78 is 4.59. The van der Waals surface area contributed by atoms with Gasteiger partial charge in [0.2, 0.25) is 0 Å². The molecule has 0 aromatic carbocycles. The zero-order chi connectivity index (χ0) is 13.7. The first-order chi connectivity index (χ1) is 9.22. The number of hydrogen-bond acceptors (Lipinski definition) is 5. The molecule has 0 radical (unpaired) electrons. The van der Waals surface area contributed by atoms with Gasteiger partial charge in [0, 0.05) is 6.04 Å². The Morgan fingerprint density at radius 3 is 2.89 bits per heavy atom. The highest BCUT2D eigenvalue weighted by molar-refractivity contribution is 5.86. The third kappa shape index (κ3) is 3.66. The number of esters is 1. The van der Waals surface area contributed by atoms with Crippen LogP contribution in [-0.2, 0) is 4.74 Å². The van der Waals surface area contributed by atoms with Crippen LogP contribution in [0.15, 0.2) is 12.4 Å². The molecule has 2 atom stereocenters. The van der Waals surface area contributed by atoms with Crippen molar-refractivity contribution in [3.8, 4) is 0 Å². The molecule has 19 heavy (non-hydrogen) atoms. The van der Waals surface area contributed by atoms with Crippen LogP contribution in [0.3, 0.4) is 0 Å². The molecule has 1 aliphatic rings. The summed E-state index contributed by atoms with van der Waals surface area (Å²) in [5.74, 6) is 1.09. The zero-order valence-electron chi connectivity index (χ0n) is 11.6. The molecule has 0 aliphatic heterocycles. The Hall–Kier alpha value is -1.65. The van der Waals surface area contributed by atoms with Gasteiger partial charge in [-0.3, -0.25) is 0 Å². The van der Waals surface area contributed by atoms with Gasteiger partial charge in [-0.2, -0.15) is 0 Å². The first-order valence-electron chi connectivity index (χ1n) is 6.89. The Kier molecular flexibility index (Phi) is 4.71. The van der Waals surface area contributed by atoms with Crippen molar-refractivity contribution < 1.29 is 9.53 Å². The number of aromatic nitrogens is 2. The summed E-state index contributed by atoms with van der Waals surface area (Å²) in [7, 11) is 1.34. The number of nitrogens with zero attached hydrogens (tertiary/aromatic N) is 2. The molecular weight excluding hydrogens is 242 g/mol. The molecule has 5 heteroatoms. The highest BCUT2D eigenvalue weighted by Crippen LogP contribution is 2.28. The number of rotatable bonds is 4. The minimum atomic E-state index is -0.456. The molecule has 0 spiro atoms. The van der Waals surface area contributed by atoms with Crippen molar-refractivity contribution in [1.82, 2.24) is 9.97 Å². The van der Waals surface area contributed by atoms with Gasteiger partial charge in [0.25, 0.3) is 0 Å². The summed E-state index contributed by atoms with van der Waals surface area (Å²) in [6, 6.07) is 0.469. The number of carbonyl (C=O) groups is 1. The summed E-state index contributed by atoms with van der Waals surface area (Å²) in [6.45, 7) is 2.25. The monoisotopic (exact) mass is 263 g/mol. The topological polar surface area (TPSA) is 64.1 Å². The second-order valence-corrected chi connectivity index (χ2v) is 5.06. The van der Waals surface area contributed by atoms with Crippen LogP contribution >= 0.6 is 0 Å². The average Bonchev–Trinajstić information content (AvgIpc) is 2.47. The van der Waals surface area contributed by atoms with Gasteiger partial charge in [-0.25, -0.2) is 14.8 Å². The van der Waals surface area contributed by atoms with Gasteiger partial charge in [-0.15, -0.1) is 0 Å². The van der Waals surface area contributed by atoms with Gasteiger partial charge in [0.05, 0.1) is 19.5 Å². The quantitative estimate of drug-likeness (QED) is 0.846. The maximum atomic E-state index is 11.3. The van der Waals surface area contributed by atoms with E-state index < -0.39 is 5.97 Å². The number of anilines is 1. The lowest BCUT2D eigenvalue weighted by Gasteiger charge is -2.29. The van der Waals surface area contributed by atoms with E-state index >= 15 is 0 Å². The number of nitrogens with one attached hydrogen (secondary N) is 1. The molecule has 0 amide bonds. The predicted octanol–water partition coefficient (Wildman–Crippen LogP) is 2.64. The van der Waals surface area contributed by atoms with Gasteiger partial charge < -0.3 is 10.1 Å². The van der Waals surface area contributed by atoms with E-state index in [0.29, 0.717) is 6.04 Å². The SMILES string of the molecule is CCC1CCCC(Nc2cnc(C(=O)OC)cn2)C1. The predicted molar refractivity (Wildman–Crippen MR) is 73.0 cm³/mol. The fourth-order valence-electron chi connectivity index (χ4n) is 2.61. The molecule has 0 bridgehead atoms. The molecule has 1 aromatic heterocycles. The summed E-state index contributed by atoms with van der Waals surface area (Å²) in [6.07, 6.45) is 9.26. The Morgan fingerprint density at radius 2 is 2.26 bits per heavy atom. The Bertz CT molecular complexity index is 419. The molecule has 1 fully saturated rings. The molecule has 1 aliphatic carbocycles. The third-order valence-electron chi connectivity index (χ3n) is 3.76. The van der Waals surface area contributed by atoms with E-state index in [9.17, 15) is 4.79 Å². The van der Waals surface area contributed by atoms with Crippen LogP contribution in [0.5, 0.6) is 0 Å². The molecule has 1 saturated carbocycles. The largest absolute Gasteiger partial charge is 0.464 e. The Morgan fingerprint density at radius 1 is 1.42 bits per heavy atom. The Labute approximate surface area is 113 Å². The molecular formula is C14H21N3O2. The summed E-state index contributed by atoms with van der Waals surface area (Å²) >= 11 is 0. The number of methoxy groups -OCH3 is 1. The zero-order valence-corrected chi connectivity index (χ0v) is 11.6. The van der Waals surface area contributed by atoms with Crippen LogP contribution in [0.1, 0.15) is 49.5 Å². The lowest BCUT2D eigenvalue weighted by Crippen LogP contribution is -2.27. The fraction of sp³-hybridized carbons (Fsp3) is 0.643. The lowest BCUT2D eigenvalue weighted by atomic mass is 9.84.